The van der Waals surface area contributed by atoms with Gasteiger partial charge in [-0.25, -0.2) is 0 Å². The van der Waals surface area contributed by atoms with Gasteiger partial charge in [0.25, 0.3) is 0 Å². The van der Waals surface area contributed by atoms with Gasteiger partial charge in [0.2, 0.25) is 5.91 Å². The van der Waals surface area contributed by atoms with Crippen molar-refractivity contribution < 1.29 is 4.79 Å². The number of nitrogens with one attached hydrogen (secondary N) is 1. The van der Waals surface area contributed by atoms with Crippen molar-refractivity contribution in [3.8, 4) is 0 Å². The quantitative estimate of drug-likeness (QED) is 0.787. The molecule has 104 valence electrons. The summed E-state index contributed by atoms with van der Waals surface area (Å²) in [5, 5.41) is 3.20. The van der Waals surface area contributed by atoms with Crippen molar-refractivity contribution in [2.24, 2.45) is 17.8 Å². The number of carbonyl (C=O) groups excluding carboxylic acids is 1. The maximum atomic E-state index is 12.1. The molecule has 3 heteroatoms. The Hall–Kier alpha value is -0.0500. The molecule has 2 saturated carbocycles. The number of amides is 1. The van der Waals surface area contributed by atoms with Crippen LogP contribution in [-0.4, -0.2) is 17.3 Å². The van der Waals surface area contributed by atoms with E-state index >= 15 is 0 Å². The SMILES string of the molecule is CC1CCC(C(=O)NCC2CCCC(Br)C2)CC1. The fourth-order valence-corrected chi connectivity index (χ4v) is 4.17. The second kappa shape index (κ2) is 6.93. The lowest BCUT2D eigenvalue weighted by atomic mass is 9.82. The molecule has 2 nitrogen and oxygen atoms in total. The van der Waals surface area contributed by atoms with Crippen LogP contribution < -0.4 is 5.32 Å². The van der Waals surface area contributed by atoms with Crippen molar-refractivity contribution in [3.05, 3.63) is 0 Å². The fraction of sp³-hybridized carbons (Fsp3) is 0.933. The Bertz CT molecular complexity index is 274. The van der Waals surface area contributed by atoms with Crippen molar-refractivity contribution in [3.63, 3.8) is 0 Å². The molecule has 0 aromatic rings. The summed E-state index contributed by atoms with van der Waals surface area (Å²) < 4.78 is 0. The minimum atomic E-state index is 0.296. The Morgan fingerprint density at radius 1 is 1.17 bits per heavy atom. The molecule has 18 heavy (non-hydrogen) atoms. The topological polar surface area (TPSA) is 29.1 Å². The first-order valence-electron chi connectivity index (χ1n) is 7.57. The zero-order valence-electron chi connectivity index (χ0n) is 11.5. The molecular weight excluding hydrogens is 290 g/mol. The second-order valence-electron chi connectivity index (χ2n) is 6.33. The average molecular weight is 316 g/mol. The van der Waals surface area contributed by atoms with Gasteiger partial charge < -0.3 is 5.32 Å². The zero-order chi connectivity index (χ0) is 13.0. The third-order valence-electron chi connectivity index (χ3n) is 4.67. The van der Waals surface area contributed by atoms with Crippen molar-refractivity contribution in [1.82, 2.24) is 5.32 Å². The smallest absolute Gasteiger partial charge is 0.223 e. The van der Waals surface area contributed by atoms with E-state index in [1.807, 2.05) is 0 Å². The third kappa shape index (κ3) is 4.25. The third-order valence-corrected chi connectivity index (χ3v) is 5.50. The molecule has 0 spiro atoms. The van der Waals surface area contributed by atoms with Crippen molar-refractivity contribution in [2.75, 3.05) is 6.54 Å². The van der Waals surface area contributed by atoms with Crippen LogP contribution in [0.25, 0.3) is 0 Å². The summed E-state index contributed by atoms with van der Waals surface area (Å²) in [7, 11) is 0. The first-order valence-corrected chi connectivity index (χ1v) is 8.48. The Morgan fingerprint density at radius 2 is 1.89 bits per heavy atom. The van der Waals surface area contributed by atoms with Crippen molar-refractivity contribution in [1.29, 1.82) is 0 Å². The van der Waals surface area contributed by atoms with Gasteiger partial charge in [-0.15, -0.1) is 0 Å². The standard InChI is InChI=1S/C15H26BrNO/c1-11-5-7-13(8-6-11)15(18)17-10-12-3-2-4-14(16)9-12/h11-14H,2-10H2,1H3,(H,17,18). The number of hydrogen-bond donors (Lipinski definition) is 1. The van der Waals surface area contributed by atoms with Gasteiger partial charge in [0, 0.05) is 17.3 Å². The van der Waals surface area contributed by atoms with Crippen LogP contribution in [0.5, 0.6) is 0 Å². The summed E-state index contributed by atoms with van der Waals surface area (Å²) in [4.78, 5) is 12.8. The molecule has 2 aliphatic rings. The van der Waals surface area contributed by atoms with E-state index < -0.39 is 0 Å². The van der Waals surface area contributed by atoms with Gasteiger partial charge in [-0.2, -0.15) is 0 Å². The highest BCUT2D eigenvalue weighted by Crippen LogP contribution is 2.30. The highest BCUT2D eigenvalue weighted by Gasteiger charge is 2.25. The summed E-state index contributed by atoms with van der Waals surface area (Å²) in [5.74, 6) is 2.12. The van der Waals surface area contributed by atoms with E-state index in [0.717, 1.165) is 25.3 Å². The summed E-state index contributed by atoms with van der Waals surface area (Å²) in [6.07, 6.45) is 9.75. The molecule has 1 amide bonds. The maximum absolute atomic E-state index is 12.1. The molecule has 1 N–H and O–H groups in total. The van der Waals surface area contributed by atoms with Crippen molar-refractivity contribution in [2.45, 2.75) is 63.1 Å². The molecule has 0 aromatic carbocycles. The lowest BCUT2D eigenvalue weighted by molar-refractivity contribution is -0.126. The lowest BCUT2D eigenvalue weighted by Crippen LogP contribution is -2.37. The summed E-state index contributed by atoms with van der Waals surface area (Å²) in [5.41, 5.74) is 0. The number of halogens is 1. The first-order chi connectivity index (χ1) is 8.65. The largest absolute Gasteiger partial charge is 0.356 e. The van der Waals surface area contributed by atoms with E-state index in [1.165, 1.54) is 38.5 Å². The van der Waals surface area contributed by atoms with Gasteiger partial charge in [-0.1, -0.05) is 29.3 Å². The monoisotopic (exact) mass is 315 g/mol. The van der Waals surface area contributed by atoms with Gasteiger partial charge in [-0.05, 0) is 56.8 Å². The maximum Gasteiger partial charge on any atom is 0.223 e. The Morgan fingerprint density at radius 3 is 2.56 bits per heavy atom. The molecule has 2 unspecified atom stereocenters. The minimum Gasteiger partial charge on any atom is -0.356 e. The van der Waals surface area contributed by atoms with Gasteiger partial charge in [0.05, 0.1) is 0 Å². The van der Waals surface area contributed by atoms with E-state index in [9.17, 15) is 4.79 Å². The summed E-state index contributed by atoms with van der Waals surface area (Å²) in [6, 6.07) is 0. The molecule has 0 radical (unpaired) electrons. The van der Waals surface area contributed by atoms with Gasteiger partial charge in [-0.3, -0.25) is 4.79 Å². The molecule has 2 atom stereocenters. The number of carbonyl (C=O) groups is 1. The average Bonchev–Trinajstić information content (AvgIpc) is 2.37. The van der Waals surface area contributed by atoms with Crippen LogP contribution in [0.15, 0.2) is 0 Å². The number of hydrogen-bond acceptors (Lipinski definition) is 1. The second-order valence-corrected chi connectivity index (χ2v) is 7.63. The van der Waals surface area contributed by atoms with Crippen LogP contribution in [0.2, 0.25) is 0 Å². The predicted molar refractivity (Wildman–Crippen MR) is 78.8 cm³/mol. The molecule has 0 heterocycles. The van der Waals surface area contributed by atoms with Crippen LogP contribution in [0.1, 0.15) is 58.3 Å². The van der Waals surface area contributed by atoms with Gasteiger partial charge in [0.1, 0.15) is 0 Å². The Kier molecular flexibility index (Phi) is 5.53. The molecule has 2 rings (SSSR count). The van der Waals surface area contributed by atoms with Crippen molar-refractivity contribution >= 4 is 21.8 Å². The highest BCUT2D eigenvalue weighted by atomic mass is 79.9. The van der Waals surface area contributed by atoms with Crippen LogP contribution in [0.3, 0.4) is 0 Å². The Balaban J connectivity index is 1.68. The van der Waals surface area contributed by atoms with E-state index in [2.05, 4.69) is 28.2 Å². The van der Waals surface area contributed by atoms with E-state index in [0.29, 0.717) is 22.6 Å². The van der Waals surface area contributed by atoms with Gasteiger partial charge >= 0.3 is 0 Å². The highest BCUT2D eigenvalue weighted by molar-refractivity contribution is 9.09. The molecule has 0 aliphatic heterocycles. The van der Waals surface area contributed by atoms with E-state index in [4.69, 9.17) is 0 Å². The van der Waals surface area contributed by atoms with E-state index in [1.54, 1.807) is 0 Å². The minimum absolute atomic E-state index is 0.296. The molecule has 2 aliphatic carbocycles. The predicted octanol–water partition coefficient (Wildman–Crippen LogP) is 3.88. The molecule has 0 aromatic heterocycles. The van der Waals surface area contributed by atoms with Crippen LogP contribution in [0, 0.1) is 17.8 Å². The fourth-order valence-electron chi connectivity index (χ4n) is 3.32. The number of alkyl halides is 1. The first kappa shape index (κ1) is 14.4. The molecule has 0 bridgehead atoms. The summed E-state index contributed by atoms with van der Waals surface area (Å²) in [6.45, 7) is 3.19. The van der Waals surface area contributed by atoms with Crippen LogP contribution >= 0.6 is 15.9 Å². The number of rotatable bonds is 3. The molecular formula is C15H26BrNO. The molecule has 0 saturated heterocycles. The van der Waals surface area contributed by atoms with Gasteiger partial charge in [0.15, 0.2) is 0 Å². The lowest BCUT2D eigenvalue weighted by Gasteiger charge is -2.28. The molecule has 2 fully saturated rings. The van der Waals surface area contributed by atoms with E-state index in [-0.39, 0.29) is 0 Å². The summed E-state index contributed by atoms with van der Waals surface area (Å²) >= 11 is 3.71. The zero-order valence-corrected chi connectivity index (χ0v) is 13.0. The Labute approximate surface area is 119 Å². The van der Waals surface area contributed by atoms with Crippen LogP contribution in [-0.2, 0) is 4.79 Å². The normalized spacial score (nSPS) is 37.2. The van der Waals surface area contributed by atoms with Crippen LogP contribution in [0.4, 0.5) is 0 Å².